The van der Waals surface area contributed by atoms with Crippen LogP contribution in [0, 0.1) is 0 Å². The van der Waals surface area contributed by atoms with Crippen molar-refractivity contribution in [2.24, 2.45) is 0 Å². The Balaban J connectivity index is 1.72. The van der Waals surface area contributed by atoms with E-state index in [2.05, 4.69) is 22.1 Å². The number of carbonyl (C=O) groups is 1. The summed E-state index contributed by atoms with van der Waals surface area (Å²) in [6.45, 7) is 2.37. The van der Waals surface area contributed by atoms with Crippen molar-refractivity contribution >= 4 is 11.9 Å². The topological polar surface area (TPSA) is 49.3 Å². The molecule has 1 fully saturated rings. The summed E-state index contributed by atoms with van der Waals surface area (Å²) in [5, 5.41) is 0. The Morgan fingerprint density at radius 2 is 1.87 bits per heavy atom. The lowest BCUT2D eigenvalue weighted by Crippen LogP contribution is -2.36. The van der Waals surface area contributed by atoms with Gasteiger partial charge in [-0.05, 0) is 30.9 Å². The van der Waals surface area contributed by atoms with Gasteiger partial charge in [0.15, 0.2) is 0 Å². The van der Waals surface area contributed by atoms with Gasteiger partial charge < -0.3 is 9.80 Å². The van der Waals surface area contributed by atoms with Crippen molar-refractivity contribution in [3.8, 4) is 0 Å². The Morgan fingerprint density at radius 3 is 2.61 bits per heavy atom. The summed E-state index contributed by atoms with van der Waals surface area (Å²) in [4.78, 5) is 25.2. The SMILES string of the molecule is CN(Cc1ccccc1)c1nccc(C(=O)N2CCCCC2)n1. The van der Waals surface area contributed by atoms with Crippen molar-refractivity contribution in [2.45, 2.75) is 25.8 Å². The third kappa shape index (κ3) is 3.86. The number of benzene rings is 1. The minimum absolute atomic E-state index is 0.0152. The van der Waals surface area contributed by atoms with Gasteiger partial charge in [0.25, 0.3) is 5.91 Å². The third-order valence-electron chi connectivity index (χ3n) is 4.11. The van der Waals surface area contributed by atoms with Gasteiger partial charge in [0.05, 0.1) is 0 Å². The summed E-state index contributed by atoms with van der Waals surface area (Å²) in [5.41, 5.74) is 1.67. The molecule has 0 aliphatic carbocycles. The van der Waals surface area contributed by atoms with Crippen LogP contribution in [0.25, 0.3) is 0 Å². The lowest BCUT2D eigenvalue weighted by atomic mass is 10.1. The van der Waals surface area contributed by atoms with Crippen LogP contribution in [0.5, 0.6) is 0 Å². The molecule has 0 atom stereocenters. The predicted molar refractivity (Wildman–Crippen MR) is 90.3 cm³/mol. The van der Waals surface area contributed by atoms with Crippen molar-refractivity contribution in [1.29, 1.82) is 0 Å². The maximum atomic E-state index is 12.5. The molecule has 0 bridgehead atoms. The molecule has 1 aromatic carbocycles. The molecule has 5 heteroatoms. The molecule has 23 heavy (non-hydrogen) atoms. The van der Waals surface area contributed by atoms with Gasteiger partial charge in [-0.1, -0.05) is 30.3 Å². The van der Waals surface area contributed by atoms with Crippen molar-refractivity contribution in [1.82, 2.24) is 14.9 Å². The molecule has 2 aromatic rings. The zero-order valence-electron chi connectivity index (χ0n) is 13.5. The van der Waals surface area contributed by atoms with Gasteiger partial charge in [-0.25, -0.2) is 9.97 Å². The minimum Gasteiger partial charge on any atom is -0.340 e. The number of aromatic nitrogens is 2. The molecule has 1 aliphatic rings. The first-order valence-electron chi connectivity index (χ1n) is 8.11. The molecule has 0 saturated carbocycles. The number of amides is 1. The smallest absolute Gasteiger partial charge is 0.272 e. The highest BCUT2D eigenvalue weighted by Crippen LogP contribution is 2.14. The molecule has 0 radical (unpaired) electrons. The van der Waals surface area contributed by atoms with E-state index in [1.165, 1.54) is 12.0 Å². The second-order valence-corrected chi connectivity index (χ2v) is 5.94. The Morgan fingerprint density at radius 1 is 1.13 bits per heavy atom. The zero-order valence-corrected chi connectivity index (χ0v) is 13.5. The molecular formula is C18H22N4O. The first kappa shape index (κ1) is 15.5. The molecule has 0 spiro atoms. The molecule has 1 amide bonds. The highest BCUT2D eigenvalue weighted by atomic mass is 16.2. The van der Waals surface area contributed by atoms with Crippen LogP contribution in [0.3, 0.4) is 0 Å². The second-order valence-electron chi connectivity index (χ2n) is 5.94. The van der Waals surface area contributed by atoms with Gasteiger partial charge in [0.1, 0.15) is 5.69 Å². The molecule has 1 aromatic heterocycles. The van der Waals surface area contributed by atoms with Gasteiger partial charge >= 0.3 is 0 Å². The van der Waals surface area contributed by atoms with Gasteiger partial charge in [-0.3, -0.25) is 4.79 Å². The number of anilines is 1. The first-order chi connectivity index (χ1) is 11.2. The Labute approximate surface area is 137 Å². The summed E-state index contributed by atoms with van der Waals surface area (Å²) < 4.78 is 0. The number of piperidine rings is 1. The maximum absolute atomic E-state index is 12.5. The van der Waals surface area contributed by atoms with E-state index in [0.717, 1.165) is 25.9 Å². The monoisotopic (exact) mass is 310 g/mol. The molecule has 120 valence electrons. The van der Waals surface area contributed by atoms with Crippen LogP contribution in [-0.2, 0) is 6.54 Å². The average Bonchev–Trinajstić information content (AvgIpc) is 2.63. The fourth-order valence-corrected chi connectivity index (χ4v) is 2.84. The number of likely N-dealkylation sites (tertiary alicyclic amines) is 1. The number of hydrogen-bond acceptors (Lipinski definition) is 4. The van der Waals surface area contributed by atoms with Crippen LogP contribution in [0.2, 0.25) is 0 Å². The maximum Gasteiger partial charge on any atom is 0.272 e. The van der Waals surface area contributed by atoms with Crippen molar-refractivity contribution < 1.29 is 4.79 Å². The molecule has 1 aliphatic heterocycles. The van der Waals surface area contributed by atoms with Gasteiger partial charge in [-0.15, -0.1) is 0 Å². The van der Waals surface area contributed by atoms with Crippen LogP contribution in [0.1, 0.15) is 35.3 Å². The highest BCUT2D eigenvalue weighted by molar-refractivity contribution is 5.92. The molecule has 0 N–H and O–H groups in total. The molecule has 2 heterocycles. The Bertz CT molecular complexity index is 653. The van der Waals surface area contributed by atoms with Crippen LogP contribution in [-0.4, -0.2) is 40.9 Å². The highest BCUT2D eigenvalue weighted by Gasteiger charge is 2.20. The summed E-state index contributed by atoms with van der Waals surface area (Å²) >= 11 is 0. The van der Waals surface area contributed by atoms with E-state index in [-0.39, 0.29) is 5.91 Å². The number of nitrogens with zero attached hydrogens (tertiary/aromatic N) is 4. The summed E-state index contributed by atoms with van der Waals surface area (Å²) in [7, 11) is 1.94. The quantitative estimate of drug-likeness (QED) is 0.871. The van der Waals surface area contributed by atoms with E-state index >= 15 is 0 Å². The lowest BCUT2D eigenvalue weighted by molar-refractivity contribution is 0.0718. The van der Waals surface area contributed by atoms with E-state index in [1.54, 1.807) is 12.3 Å². The lowest BCUT2D eigenvalue weighted by Gasteiger charge is -2.26. The van der Waals surface area contributed by atoms with Crippen LogP contribution in [0.4, 0.5) is 5.95 Å². The molecule has 0 unspecified atom stereocenters. The summed E-state index contributed by atoms with van der Waals surface area (Å²) in [6.07, 6.45) is 5.04. The average molecular weight is 310 g/mol. The van der Waals surface area contributed by atoms with Crippen molar-refractivity contribution in [2.75, 3.05) is 25.0 Å². The standard InChI is InChI=1S/C18H22N4O/c1-21(14-15-8-4-2-5-9-15)18-19-11-10-16(20-18)17(23)22-12-6-3-7-13-22/h2,4-5,8-11H,3,6-7,12-14H2,1H3. The molecular weight excluding hydrogens is 288 g/mol. The molecule has 3 rings (SSSR count). The van der Waals surface area contributed by atoms with Crippen molar-refractivity contribution in [3.63, 3.8) is 0 Å². The molecule has 5 nitrogen and oxygen atoms in total. The summed E-state index contributed by atoms with van der Waals surface area (Å²) in [5.74, 6) is 0.596. The third-order valence-corrected chi connectivity index (χ3v) is 4.11. The van der Waals surface area contributed by atoms with E-state index in [4.69, 9.17) is 0 Å². The van der Waals surface area contributed by atoms with E-state index < -0.39 is 0 Å². The normalized spacial score (nSPS) is 14.6. The van der Waals surface area contributed by atoms with Crippen LogP contribution < -0.4 is 4.90 Å². The van der Waals surface area contributed by atoms with E-state index in [0.29, 0.717) is 18.2 Å². The number of rotatable bonds is 4. The minimum atomic E-state index is 0.0152. The summed E-state index contributed by atoms with van der Waals surface area (Å²) in [6, 6.07) is 11.9. The van der Waals surface area contributed by atoms with E-state index in [1.807, 2.05) is 35.0 Å². The fourth-order valence-electron chi connectivity index (χ4n) is 2.84. The number of carbonyl (C=O) groups excluding carboxylic acids is 1. The Kier molecular flexibility index (Phi) is 4.86. The second kappa shape index (κ2) is 7.22. The largest absolute Gasteiger partial charge is 0.340 e. The van der Waals surface area contributed by atoms with Crippen LogP contribution in [0.15, 0.2) is 42.6 Å². The van der Waals surface area contributed by atoms with Gasteiger partial charge in [-0.2, -0.15) is 0 Å². The van der Waals surface area contributed by atoms with E-state index in [9.17, 15) is 4.79 Å². The molecule has 1 saturated heterocycles. The van der Waals surface area contributed by atoms with Crippen molar-refractivity contribution in [3.05, 3.63) is 53.9 Å². The number of hydrogen-bond donors (Lipinski definition) is 0. The van der Waals surface area contributed by atoms with Crippen LogP contribution >= 0.6 is 0 Å². The van der Waals surface area contributed by atoms with Gasteiger partial charge in [0, 0.05) is 32.9 Å². The van der Waals surface area contributed by atoms with Gasteiger partial charge in [0.2, 0.25) is 5.95 Å². The first-order valence-corrected chi connectivity index (χ1v) is 8.11. The fraction of sp³-hybridized carbons (Fsp3) is 0.389. The predicted octanol–water partition coefficient (Wildman–Crippen LogP) is 2.74. The Hall–Kier alpha value is -2.43. The zero-order chi connectivity index (χ0) is 16.1.